The Balaban J connectivity index is 1.16. The average molecular weight is 1440 g/mol. The Morgan fingerprint density at radius 1 is 0.385 bits per heavy atom. The number of carbonyl (C=O) groups excluding carboxylic acids is 13. The van der Waals surface area contributed by atoms with Gasteiger partial charge in [-0.05, 0) is 40.8 Å². The number of carbonyl (C=O) groups is 18. The van der Waals surface area contributed by atoms with E-state index in [0.29, 0.717) is 33.5 Å². The summed E-state index contributed by atoms with van der Waals surface area (Å²) in [6.45, 7) is 0.282. The summed E-state index contributed by atoms with van der Waals surface area (Å²) in [7, 11) is 0. The standard InChI is InChI=1S/C68H77N13O23/c1-36(2)60(61(69)97)80-68(104)43(26-38-15-7-4-8-16-38)76-63(99)42(25-37-13-5-3-6-14-37)75-66(102)47(30-58(93)94)79-67(103)48(31-59(95)96)78-65(101)46(29-57(91)92)74-53(85)34-71-51(83)32-70-52(84)33-72-62(98)44(27-55(87)88)77-64(100)45(28-56(89)90)73-50(82)23-24-54(86)81-35-41-19-10-9-17-39(41)21-22-40-18-11-12-20-49(40)81/h3-20,36,42-48,60H,23-35H2,1-2H3,(H2,69,97)(H,70,84)(H,71,83)(H,72,98)(H,73,82)(H,74,85)(H,75,102)(H,76,99)(H,77,100)(H,78,101)(H,79,103)(H,80,104)(H,87,88)(H,89,90)(H,91,92)(H,93,94)(H,95,96). The second-order valence-electron chi connectivity index (χ2n) is 23.7. The topological polar surface area (TPSA) is 570 Å². The van der Waals surface area contributed by atoms with Crippen LogP contribution in [0.15, 0.2) is 109 Å². The number of amides is 13. The highest BCUT2D eigenvalue weighted by Gasteiger charge is 2.37. The van der Waals surface area contributed by atoms with Crippen LogP contribution in [0.2, 0.25) is 0 Å². The van der Waals surface area contributed by atoms with Crippen molar-refractivity contribution in [2.75, 3.05) is 24.5 Å². The van der Waals surface area contributed by atoms with Crippen molar-refractivity contribution in [2.45, 2.75) is 127 Å². The summed E-state index contributed by atoms with van der Waals surface area (Å²) in [6, 6.07) is 15.3. The van der Waals surface area contributed by atoms with E-state index >= 15 is 0 Å². The molecular weight excluding hydrogens is 1370 g/mol. The maximum Gasteiger partial charge on any atom is 0.305 e. The maximum atomic E-state index is 14.3. The van der Waals surface area contributed by atoms with Crippen LogP contribution in [0.3, 0.4) is 0 Å². The first-order valence-electron chi connectivity index (χ1n) is 31.9. The van der Waals surface area contributed by atoms with E-state index in [1.54, 1.807) is 123 Å². The molecule has 1 aliphatic heterocycles. The Labute approximate surface area is 592 Å². The van der Waals surface area contributed by atoms with Crippen LogP contribution in [-0.2, 0) is 106 Å². The van der Waals surface area contributed by atoms with E-state index in [-0.39, 0.29) is 19.4 Å². The molecule has 1 heterocycles. The summed E-state index contributed by atoms with van der Waals surface area (Å²) in [5.41, 5.74) is 8.86. The molecule has 4 aromatic carbocycles. The SMILES string of the molecule is CC(C)C(NC(=O)C(Cc1ccccc1)NC(=O)C(Cc1ccccc1)NC(=O)C(CC(=O)O)NC(=O)C(CC(=O)O)NC(=O)C(CC(=O)O)NC(=O)CNC(=O)CNC(=O)CNC(=O)C(CC(=O)O)NC(=O)C(CC(=O)O)NC(=O)CCC(=O)N1Cc2ccccc2C#Cc2ccccc21)C(N)=O. The van der Waals surface area contributed by atoms with Crippen LogP contribution in [0.1, 0.15) is 86.6 Å². The molecule has 8 unspecified atom stereocenters. The molecule has 4 aromatic rings. The number of carboxylic acids is 5. The minimum atomic E-state index is -2.26. The zero-order valence-corrected chi connectivity index (χ0v) is 55.9. The molecule has 552 valence electrons. The summed E-state index contributed by atoms with van der Waals surface area (Å²) >= 11 is 0. The number of hydrogen-bond acceptors (Lipinski definition) is 18. The summed E-state index contributed by atoms with van der Waals surface area (Å²) in [5.74, 6) is -17.9. The Hall–Kier alpha value is -13.1. The number of primary amides is 1. The van der Waals surface area contributed by atoms with Gasteiger partial charge in [-0.15, -0.1) is 0 Å². The van der Waals surface area contributed by atoms with Gasteiger partial charge in [0, 0.05) is 36.8 Å². The van der Waals surface area contributed by atoms with Crippen molar-refractivity contribution in [1.82, 2.24) is 58.5 Å². The quantitative estimate of drug-likeness (QED) is 0.0188. The summed E-state index contributed by atoms with van der Waals surface area (Å²) in [6.07, 6.45) is -7.52. The van der Waals surface area contributed by atoms with E-state index in [4.69, 9.17) is 5.73 Å². The van der Waals surface area contributed by atoms with E-state index in [2.05, 4.69) is 33.1 Å². The zero-order valence-electron chi connectivity index (χ0n) is 55.9. The van der Waals surface area contributed by atoms with Crippen LogP contribution in [0, 0.1) is 17.8 Å². The van der Waals surface area contributed by atoms with Crippen molar-refractivity contribution >= 4 is 112 Å². The number of aliphatic carboxylic acids is 5. The lowest BCUT2D eigenvalue weighted by Crippen LogP contribution is -2.61. The fourth-order valence-corrected chi connectivity index (χ4v) is 10.1. The van der Waals surface area contributed by atoms with Crippen molar-refractivity contribution < 1.29 is 112 Å². The van der Waals surface area contributed by atoms with Crippen LogP contribution in [0.25, 0.3) is 0 Å². The van der Waals surface area contributed by atoms with Crippen molar-refractivity contribution in [2.24, 2.45) is 11.7 Å². The third-order valence-electron chi connectivity index (χ3n) is 15.3. The minimum absolute atomic E-state index is 0.0809. The highest BCUT2D eigenvalue weighted by molar-refractivity contribution is 6.02. The van der Waals surface area contributed by atoms with E-state index in [0.717, 1.165) is 0 Å². The fourth-order valence-electron chi connectivity index (χ4n) is 10.1. The van der Waals surface area contributed by atoms with Gasteiger partial charge in [-0.25, -0.2) is 0 Å². The van der Waals surface area contributed by atoms with Crippen LogP contribution in [0.4, 0.5) is 5.69 Å². The van der Waals surface area contributed by atoms with E-state index in [9.17, 15) is 112 Å². The van der Waals surface area contributed by atoms with Gasteiger partial charge in [0.05, 0.1) is 64.0 Å². The molecule has 0 saturated carbocycles. The molecule has 0 bridgehead atoms. The number of anilines is 1. The molecule has 18 N–H and O–H groups in total. The van der Waals surface area contributed by atoms with Gasteiger partial charge in [0.2, 0.25) is 76.8 Å². The van der Waals surface area contributed by atoms with Crippen LogP contribution >= 0.6 is 0 Å². The first-order valence-corrected chi connectivity index (χ1v) is 31.9. The van der Waals surface area contributed by atoms with E-state index < -0.39 is 225 Å². The zero-order chi connectivity index (χ0) is 76.7. The predicted molar refractivity (Wildman–Crippen MR) is 359 cm³/mol. The normalized spacial score (nSPS) is 13.4. The number of hydrogen-bond donors (Lipinski definition) is 17. The number of nitrogens with zero attached hydrogens (tertiary/aromatic N) is 1. The Kier molecular flexibility index (Phi) is 31.6. The monoisotopic (exact) mass is 1440 g/mol. The van der Waals surface area contributed by atoms with Crippen molar-refractivity contribution in [3.05, 3.63) is 137 Å². The number of fused-ring (bicyclic) bond motifs is 2. The number of nitrogens with one attached hydrogen (secondary N) is 11. The number of rotatable bonds is 40. The Morgan fingerprint density at radius 3 is 1.17 bits per heavy atom. The molecule has 8 atom stereocenters. The highest BCUT2D eigenvalue weighted by Crippen LogP contribution is 2.26. The first-order chi connectivity index (χ1) is 49.3. The Bertz CT molecular complexity index is 3970. The fraction of sp³-hybridized carbons (Fsp3) is 0.353. The maximum absolute atomic E-state index is 14.3. The van der Waals surface area contributed by atoms with Gasteiger partial charge >= 0.3 is 29.8 Å². The molecule has 104 heavy (non-hydrogen) atoms. The molecule has 5 rings (SSSR count). The molecule has 0 spiro atoms. The van der Waals surface area contributed by atoms with Gasteiger partial charge in [0.1, 0.15) is 48.3 Å². The molecule has 13 amide bonds. The third-order valence-corrected chi connectivity index (χ3v) is 15.3. The smallest absolute Gasteiger partial charge is 0.305 e. The molecule has 0 saturated heterocycles. The van der Waals surface area contributed by atoms with Crippen molar-refractivity contribution in [1.29, 1.82) is 0 Å². The predicted octanol–water partition coefficient (Wildman–Crippen LogP) is -4.06. The van der Waals surface area contributed by atoms with Crippen molar-refractivity contribution in [3.8, 4) is 11.8 Å². The summed E-state index contributed by atoms with van der Waals surface area (Å²) < 4.78 is 0. The van der Waals surface area contributed by atoms with Gasteiger partial charge in [-0.1, -0.05) is 117 Å². The summed E-state index contributed by atoms with van der Waals surface area (Å²) in [4.78, 5) is 235. The summed E-state index contributed by atoms with van der Waals surface area (Å²) in [5, 5.41) is 72.0. The molecule has 36 heteroatoms. The number of carboxylic acid groups (broad SMARTS) is 5. The van der Waals surface area contributed by atoms with Gasteiger partial charge < -0.3 is 94.7 Å². The first kappa shape index (κ1) is 81.6. The average Bonchev–Trinajstić information content (AvgIpc) is 0.804. The molecule has 36 nitrogen and oxygen atoms in total. The molecule has 1 aliphatic rings. The molecule has 0 aliphatic carbocycles. The second-order valence-corrected chi connectivity index (χ2v) is 23.7. The number of nitrogens with two attached hydrogens (primary N) is 1. The largest absolute Gasteiger partial charge is 0.481 e. The van der Waals surface area contributed by atoms with E-state index in [1.165, 1.54) is 4.90 Å². The van der Waals surface area contributed by atoms with Crippen LogP contribution < -0.4 is 69.1 Å². The van der Waals surface area contributed by atoms with E-state index in [1.807, 2.05) is 37.2 Å². The minimum Gasteiger partial charge on any atom is -0.481 e. The van der Waals surface area contributed by atoms with Crippen LogP contribution in [0.5, 0.6) is 0 Å². The number of benzene rings is 4. The van der Waals surface area contributed by atoms with Gasteiger partial charge in [0.15, 0.2) is 0 Å². The lowest BCUT2D eigenvalue weighted by atomic mass is 10.00. The van der Waals surface area contributed by atoms with Crippen LogP contribution in [-0.4, -0.2) is 200 Å². The lowest BCUT2D eigenvalue weighted by Gasteiger charge is -2.27. The number of para-hydroxylation sites is 1. The van der Waals surface area contributed by atoms with Gasteiger partial charge in [0.25, 0.3) is 0 Å². The second kappa shape index (κ2) is 40.2. The lowest BCUT2D eigenvalue weighted by molar-refractivity contribution is -0.144. The third kappa shape index (κ3) is 27.5. The van der Waals surface area contributed by atoms with Crippen molar-refractivity contribution in [3.63, 3.8) is 0 Å². The molecule has 0 aromatic heterocycles. The molecular formula is C68H77N13O23. The Morgan fingerprint density at radius 2 is 0.731 bits per heavy atom. The van der Waals surface area contributed by atoms with Gasteiger partial charge in [-0.2, -0.15) is 0 Å². The highest BCUT2D eigenvalue weighted by atomic mass is 16.4. The molecule has 0 radical (unpaired) electrons. The molecule has 0 fully saturated rings. The van der Waals surface area contributed by atoms with Gasteiger partial charge in [-0.3, -0.25) is 86.3 Å².